The molecule has 0 spiro atoms. The summed E-state index contributed by atoms with van der Waals surface area (Å²) in [6, 6.07) is 10.4. The fourth-order valence-electron chi connectivity index (χ4n) is 2.18. The SMILES string of the molecule is CC(C)OCc1cccc(CNC(=O)[C@H](C)NC(=O)c2ccco2)c1. The van der Waals surface area contributed by atoms with Crippen LogP contribution in [0.4, 0.5) is 0 Å². The van der Waals surface area contributed by atoms with Crippen molar-refractivity contribution in [1.82, 2.24) is 10.6 Å². The largest absolute Gasteiger partial charge is 0.459 e. The molecule has 25 heavy (non-hydrogen) atoms. The molecule has 0 aliphatic carbocycles. The minimum Gasteiger partial charge on any atom is -0.459 e. The van der Waals surface area contributed by atoms with E-state index < -0.39 is 11.9 Å². The highest BCUT2D eigenvalue weighted by molar-refractivity contribution is 5.95. The van der Waals surface area contributed by atoms with Gasteiger partial charge in [-0.15, -0.1) is 0 Å². The van der Waals surface area contributed by atoms with Gasteiger partial charge in [0.15, 0.2) is 5.76 Å². The fourth-order valence-corrected chi connectivity index (χ4v) is 2.18. The van der Waals surface area contributed by atoms with Gasteiger partial charge in [0.2, 0.25) is 5.91 Å². The van der Waals surface area contributed by atoms with Crippen molar-refractivity contribution in [3.63, 3.8) is 0 Å². The molecule has 0 aliphatic rings. The molecule has 0 bridgehead atoms. The van der Waals surface area contributed by atoms with Gasteiger partial charge in [0.1, 0.15) is 6.04 Å². The first-order valence-corrected chi connectivity index (χ1v) is 8.27. The molecule has 0 radical (unpaired) electrons. The first-order valence-electron chi connectivity index (χ1n) is 8.27. The van der Waals surface area contributed by atoms with Gasteiger partial charge in [-0.1, -0.05) is 24.3 Å². The van der Waals surface area contributed by atoms with Crippen LogP contribution in [0, 0.1) is 0 Å². The molecule has 1 aromatic carbocycles. The van der Waals surface area contributed by atoms with Crippen molar-refractivity contribution in [3.8, 4) is 0 Å². The third kappa shape index (κ3) is 6.08. The molecule has 2 N–H and O–H groups in total. The predicted octanol–water partition coefficient (Wildman–Crippen LogP) is 2.64. The Morgan fingerprint density at radius 1 is 1.12 bits per heavy atom. The van der Waals surface area contributed by atoms with Crippen molar-refractivity contribution in [2.24, 2.45) is 0 Å². The lowest BCUT2D eigenvalue weighted by atomic mass is 10.1. The average molecular weight is 344 g/mol. The second kappa shape index (κ2) is 9.03. The number of amides is 2. The third-order valence-electron chi connectivity index (χ3n) is 3.53. The van der Waals surface area contributed by atoms with E-state index in [1.165, 1.54) is 6.26 Å². The van der Waals surface area contributed by atoms with E-state index in [1.54, 1.807) is 19.1 Å². The second-order valence-corrected chi connectivity index (χ2v) is 6.07. The molecule has 1 heterocycles. The van der Waals surface area contributed by atoms with Crippen molar-refractivity contribution in [1.29, 1.82) is 0 Å². The van der Waals surface area contributed by atoms with E-state index in [2.05, 4.69) is 10.6 Å². The molecule has 2 amide bonds. The molecule has 6 heteroatoms. The smallest absolute Gasteiger partial charge is 0.287 e. The first-order chi connectivity index (χ1) is 12.0. The van der Waals surface area contributed by atoms with Crippen LogP contribution in [0.5, 0.6) is 0 Å². The molecule has 1 atom stereocenters. The minimum atomic E-state index is -0.662. The summed E-state index contributed by atoms with van der Waals surface area (Å²) in [5, 5.41) is 5.41. The molecule has 0 aliphatic heterocycles. The van der Waals surface area contributed by atoms with Crippen molar-refractivity contribution in [2.75, 3.05) is 0 Å². The number of hydrogen-bond acceptors (Lipinski definition) is 4. The lowest BCUT2D eigenvalue weighted by molar-refractivity contribution is -0.122. The van der Waals surface area contributed by atoms with Gasteiger partial charge in [-0.2, -0.15) is 0 Å². The van der Waals surface area contributed by atoms with E-state index in [9.17, 15) is 9.59 Å². The number of nitrogens with one attached hydrogen (secondary N) is 2. The van der Waals surface area contributed by atoms with Crippen LogP contribution in [-0.4, -0.2) is 24.0 Å². The first kappa shape index (κ1) is 18.7. The molecule has 0 fully saturated rings. The molecule has 2 aromatic rings. The standard InChI is InChI=1S/C19H24N2O4/c1-13(2)25-12-16-7-4-6-15(10-16)11-20-18(22)14(3)21-19(23)17-8-5-9-24-17/h4-10,13-14H,11-12H2,1-3H3,(H,20,22)(H,21,23)/t14-/m0/s1. The maximum atomic E-state index is 12.1. The van der Waals surface area contributed by atoms with Crippen molar-refractivity contribution in [3.05, 3.63) is 59.5 Å². The lowest BCUT2D eigenvalue weighted by Crippen LogP contribution is -2.44. The maximum Gasteiger partial charge on any atom is 0.287 e. The van der Waals surface area contributed by atoms with Crippen LogP contribution in [-0.2, 0) is 22.7 Å². The molecule has 6 nitrogen and oxygen atoms in total. The Kier molecular flexibility index (Phi) is 6.77. The van der Waals surface area contributed by atoms with Gasteiger partial charge >= 0.3 is 0 Å². The summed E-state index contributed by atoms with van der Waals surface area (Å²) < 4.78 is 10.6. The maximum absolute atomic E-state index is 12.1. The van der Waals surface area contributed by atoms with E-state index >= 15 is 0 Å². The van der Waals surface area contributed by atoms with E-state index in [-0.39, 0.29) is 17.8 Å². The Labute approximate surface area is 147 Å². The van der Waals surface area contributed by atoms with Crippen molar-refractivity contribution >= 4 is 11.8 Å². The Balaban J connectivity index is 1.82. The van der Waals surface area contributed by atoms with Crippen LogP contribution in [0.1, 0.15) is 42.5 Å². The highest BCUT2D eigenvalue weighted by atomic mass is 16.5. The molecule has 2 rings (SSSR count). The van der Waals surface area contributed by atoms with Crippen LogP contribution < -0.4 is 10.6 Å². The van der Waals surface area contributed by atoms with Crippen molar-refractivity contribution < 1.29 is 18.7 Å². The summed E-state index contributed by atoms with van der Waals surface area (Å²) in [6.45, 7) is 6.53. The average Bonchev–Trinajstić information content (AvgIpc) is 3.13. The Morgan fingerprint density at radius 2 is 1.88 bits per heavy atom. The number of furan rings is 1. The van der Waals surface area contributed by atoms with E-state index in [4.69, 9.17) is 9.15 Å². The van der Waals surface area contributed by atoms with Crippen LogP contribution in [0.15, 0.2) is 47.1 Å². The fraction of sp³-hybridized carbons (Fsp3) is 0.368. The highest BCUT2D eigenvalue weighted by Crippen LogP contribution is 2.08. The molecular formula is C19H24N2O4. The van der Waals surface area contributed by atoms with E-state index in [0.29, 0.717) is 13.2 Å². The normalized spacial score (nSPS) is 12.0. The van der Waals surface area contributed by atoms with Gasteiger partial charge in [-0.25, -0.2) is 0 Å². The number of hydrogen-bond donors (Lipinski definition) is 2. The minimum absolute atomic E-state index is 0.169. The van der Waals surface area contributed by atoms with Crippen LogP contribution in [0.25, 0.3) is 0 Å². The summed E-state index contributed by atoms with van der Waals surface area (Å²) in [5.74, 6) is -0.498. The number of carbonyl (C=O) groups is 2. The van der Waals surface area contributed by atoms with Gasteiger partial charge < -0.3 is 19.8 Å². The summed E-state index contributed by atoms with van der Waals surface area (Å²) >= 11 is 0. The molecule has 134 valence electrons. The van der Waals surface area contributed by atoms with Gasteiger partial charge in [-0.3, -0.25) is 9.59 Å². The van der Waals surface area contributed by atoms with Crippen LogP contribution in [0.3, 0.4) is 0 Å². The summed E-state index contributed by atoms with van der Waals surface area (Å²) in [4.78, 5) is 24.0. The zero-order valence-electron chi connectivity index (χ0n) is 14.7. The zero-order chi connectivity index (χ0) is 18.2. The third-order valence-corrected chi connectivity index (χ3v) is 3.53. The summed E-state index contributed by atoms with van der Waals surface area (Å²) in [6.07, 6.45) is 1.58. The van der Waals surface area contributed by atoms with Crippen molar-refractivity contribution in [2.45, 2.75) is 46.1 Å². The second-order valence-electron chi connectivity index (χ2n) is 6.07. The van der Waals surface area contributed by atoms with Gasteiger partial charge in [-0.05, 0) is 44.0 Å². The van der Waals surface area contributed by atoms with Crippen LogP contribution in [0.2, 0.25) is 0 Å². The molecule has 1 aromatic heterocycles. The molecule has 0 saturated heterocycles. The van der Waals surface area contributed by atoms with E-state index in [0.717, 1.165) is 11.1 Å². The summed E-state index contributed by atoms with van der Waals surface area (Å²) in [5.41, 5.74) is 2.03. The molecular weight excluding hydrogens is 320 g/mol. The molecule has 0 unspecified atom stereocenters. The number of carbonyl (C=O) groups excluding carboxylic acids is 2. The Bertz CT molecular complexity index is 695. The highest BCUT2D eigenvalue weighted by Gasteiger charge is 2.17. The summed E-state index contributed by atoms with van der Waals surface area (Å²) in [7, 11) is 0. The quantitative estimate of drug-likeness (QED) is 0.771. The van der Waals surface area contributed by atoms with Gasteiger partial charge in [0, 0.05) is 6.54 Å². The predicted molar refractivity (Wildman–Crippen MR) is 93.8 cm³/mol. The zero-order valence-corrected chi connectivity index (χ0v) is 14.7. The Hall–Kier alpha value is -2.60. The van der Waals surface area contributed by atoms with Gasteiger partial charge in [0.25, 0.3) is 5.91 Å². The lowest BCUT2D eigenvalue weighted by Gasteiger charge is -2.14. The number of ether oxygens (including phenoxy) is 1. The number of benzene rings is 1. The monoisotopic (exact) mass is 344 g/mol. The Morgan fingerprint density at radius 3 is 2.56 bits per heavy atom. The van der Waals surface area contributed by atoms with E-state index in [1.807, 2.05) is 38.1 Å². The topological polar surface area (TPSA) is 80.6 Å². The number of rotatable bonds is 8. The molecule has 0 saturated carbocycles. The van der Waals surface area contributed by atoms with Gasteiger partial charge in [0.05, 0.1) is 19.0 Å². The van der Waals surface area contributed by atoms with Crippen LogP contribution >= 0.6 is 0 Å².